The fourth-order valence-corrected chi connectivity index (χ4v) is 3.00. The van der Waals surface area contributed by atoms with Gasteiger partial charge < -0.3 is 4.90 Å². The lowest BCUT2D eigenvalue weighted by Crippen LogP contribution is -2.45. The monoisotopic (exact) mass is 422 g/mol. The van der Waals surface area contributed by atoms with Gasteiger partial charge in [-0.05, 0) is 26.9 Å². The van der Waals surface area contributed by atoms with Gasteiger partial charge in [-0.2, -0.15) is 26.3 Å². The molecular formula is C11H20F6N2O4S2. The minimum Gasteiger partial charge on any atom is -0.306 e. The molecule has 6 nitrogen and oxygen atoms in total. The molecule has 0 rings (SSSR count). The van der Waals surface area contributed by atoms with Gasteiger partial charge in [-0.1, -0.05) is 29.6 Å². The van der Waals surface area contributed by atoms with Crippen LogP contribution >= 0.6 is 0 Å². The molecule has 25 heavy (non-hydrogen) atoms. The van der Waals surface area contributed by atoms with Crippen LogP contribution in [0.1, 0.15) is 26.7 Å². The summed E-state index contributed by atoms with van der Waals surface area (Å²) in [6, 6.07) is 0. The van der Waals surface area contributed by atoms with E-state index in [0.717, 1.165) is 6.54 Å². The first-order valence-electron chi connectivity index (χ1n) is 6.65. The molecule has 0 aromatic rings. The van der Waals surface area contributed by atoms with Gasteiger partial charge in [-0.25, -0.2) is 16.8 Å². The molecule has 0 saturated heterocycles. The Balaban J connectivity index is 0. The maximum atomic E-state index is 11.5. The van der Waals surface area contributed by atoms with E-state index >= 15 is 0 Å². The van der Waals surface area contributed by atoms with Gasteiger partial charge in [0.05, 0.1) is 0 Å². The number of rotatable bonds is 6. The van der Waals surface area contributed by atoms with E-state index in [2.05, 4.69) is 38.9 Å². The van der Waals surface area contributed by atoms with Gasteiger partial charge >= 0.3 is 31.1 Å². The van der Waals surface area contributed by atoms with Gasteiger partial charge in [0.1, 0.15) is 0 Å². The average Bonchev–Trinajstić information content (AvgIpc) is 2.36. The normalized spacial score (nSPS) is 13.2. The van der Waals surface area contributed by atoms with Crippen molar-refractivity contribution >= 4 is 20.0 Å². The predicted molar refractivity (Wildman–Crippen MR) is 80.3 cm³/mol. The van der Waals surface area contributed by atoms with Crippen LogP contribution in [-0.4, -0.2) is 53.4 Å². The number of likely N-dealkylation sites (N-methyl/N-ethyl adjacent to an activating group) is 1. The minimum absolute atomic E-state index is 0.493. The first-order chi connectivity index (χ1) is 10.9. The molecule has 0 fully saturated rings. The summed E-state index contributed by atoms with van der Waals surface area (Å²) in [5.74, 6) is 0. The molecular weight excluding hydrogens is 402 g/mol. The maximum absolute atomic E-state index is 11.5. The van der Waals surface area contributed by atoms with Gasteiger partial charge in [-0.15, -0.1) is 0 Å². The number of nitrogens with zero attached hydrogens (tertiary/aromatic N) is 1. The van der Waals surface area contributed by atoms with Gasteiger partial charge in [-0.3, -0.25) is 0 Å². The molecule has 0 saturated carbocycles. The number of halogens is 6. The van der Waals surface area contributed by atoms with E-state index in [1.165, 1.54) is 12.8 Å². The second kappa shape index (κ2) is 9.73. The number of nitrogens with one attached hydrogen (secondary N) is 1. The molecule has 1 N–H and O–H groups in total. The summed E-state index contributed by atoms with van der Waals surface area (Å²) in [7, 11) is -9.00. The summed E-state index contributed by atoms with van der Waals surface area (Å²) < 4.78 is 108. The Hall–Kier alpha value is -0.860. The zero-order valence-corrected chi connectivity index (χ0v) is 15.5. The molecule has 0 aliphatic heterocycles. The van der Waals surface area contributed by atoms with Gasteiger partial charge in [0.2, 0.25) is 0 Å². The third kappa shape index (κ3) is 10.0. The van der Waals surface area contributed by atoms with Crippen LogP contribution in [0.25, 0.3) is 0 Å². The molecule has 152 valence electrons. The summed E-state index contributed by atoms with van der Waals surface area (Å²) in [4.78, 5) is 2.19. The van der Waals surface area contributed by atoms with E-state index in [0.29, 0.717) is 0 Å². The van der Waals surface area contributed by atoms with E-state index in [1.807, 2.05) is 0 Å². The van der Waals surface area contributed by atoms with Crippen molar-refractivity contribution in [2.75, 3.05) is 20.6 Å². The first kappa shape index (κ1) is 26.4. The Morgan fingerprint density at radius 1 is 0.880 bits per heavy atom. The molecule has 0 aliphatic carbocycles. The van der Waals surface area contributed by atoms with Crippen LogP contribution in [0.4, 0.5) is 26.3 Å². The van der Waals surface area contributed by atoms with Crippen LogP contribution in [0, 0.1) is 0 Å². The summed E-state index contributed by atoms with van der Waals surface area (Å²) in [5, 5.41) is 0. The highest BCUT2D eigenvalue weighted by Crippen LogP contribution is 2.27. The number of sulfonamides is 2. The van der Waals surface area contributed by atoms with E-state index in [1.54, 1.807) is 5.57 Å². The molecule has 0 bridgehead atoms. The van der Waals surface area contributed by atoms with Crippen LogP contribution in [0.5, 0.6) is 0 Å². The van der Waals surface area contributed by atoms with Gasteiger partial charge in [0.25, 0.3) is 0 Å². The maximum Gasteiger partial charge on any atom is 0.512 e. The molecule has 0 radical (unpaired) electrons. The van der Waals surface area contributed by atoms with E-state index in [4.69, 9.17) is 0 Å². The molecule has 0 aliphatic rings. The topological polar surface area (TPSA) is 83.6 Å². The number of alkyl halides is 6. The Labute approximate surface area is 143 Å². The van der Waals surface area contributed by atoms with Crippen molar-refractivity contribution < 1.29 is 43.2 Å². The summed E-state index contributed by atoms with van der Waals surface area (Å²) in [5.41, 5.74) is -10.7. The van der Waals surface area contributed by atoms with Crippen molar-refractivity contribution in [1.82, 2.24) is 9.03 Å². The van der Waals surface area contributed by atoms with Crippen LogP contribution in [0.2, 0.25) is 0 Å². The minimum atomic E-state index is -6.60. The van der Waals surface area contributed by atoms with E-state index < -0.39 is 35.2 Å². The highest BCUT2D eigenvalue weighted by Gasteiger charge is 2.55. The van der Waals surface area contributed by atoms with Crippen LogP contribution in [-0.2, 0) is 20.0 Å². The van der Waals surface area contributed by atoms with Gasteiger partial charge in [0.15, 0.2) is 0 Å². The molecule has 0 aromatic heterocycles. The molecule has 0 unspecified atom stereocenters. The summed E-state index contributed by atoms with van der Waals surface area (Å²) >= 11 is 0. The first-order valence-corrected chi connectivity index (χ1v) is 9.61. The van der Waals surface area contributed by atoms with E-state index in [9.17, 15) is 43.2 Å². The Morgan fingerprint density at radius 3 is 1.40 bits per heavy atom. The fourth-order valence-electron chi connectivity index (χ4n) is 1.09. The van der Waals surface area contributed by atoms with Gasteiger partial charge in [0, 0.05) is 6.54 Å². The molecule has 14 heteroatoms. The quantitative estimate of drug-likeness (QED) is 0.526. The van der Waals surface area contributed by atoms with Crippen molar-refractivity contribution in [3.63, 3.8) is 0 Å². The zero-order valence-electron chi connectivity index (χ0n) is 13.9. The van der Waals surface area contributed by atoms with Crippen LogP contribution in [0.3, 0.4) is 0 Å². The third-order valence-electron chi connectivity index (χ3n) is 2.48. The van der Waals surface area contributed by atoms with Crippen molar-refractivity contribution in [2.24, 2.45) is 0 Å². The van der Waals surface area contributed by atoms with Crippen molar-refractivity contribution in [2.45, 2.75) is 37.7 Å². The van der Waals surface area contributed by atoms with Crippen LogP contribution < -0.4 is 4.13 Å². The standard InChI is InChI=1S/C9H19N.C2HF6NO4S2/c1-5-9(6-2)7-8-10(3)4;3-1(4,5)14(10,11)9-15(12,13)2(6,7)8/h7H,5-6,8H2,1-4H3;9H. The molecule has 0 atom stereocenters. The molecule has 0 spiro atoms. The number of hydrogen-bond acceptors (Lipinski definition) is 5. The Morgan fingerprint density at radius 2 is 1.20 bits per heavy atom. The highest BCUT2D eigenvalue weighted by molar-refractivity contribution is 8.05. The highest BCUT2D eigenvalue weighted by atomic mass is 32.3. The van der Waals surface area contributed by atoms with Crippen LogP contribution in [0.15, 0.2) is 11.6 Å². The van der Waals surface area contributed by atoms with Crippen molar-refractivity contribution in [3.05, 3.63) is 11.6 Å². The molecule has 0 amide bonds. The Kier molecular flexibility index (Phi) is 10.3. The fraction of sp³-hybridized carbons (Fsp3) is 0.818. The third-order valence-corrected chi connectivity index (χ3v) is 5.46. The van der Waals surface area contributed by atoms with Crippen molar-refractivity contribution in [3.8, 4) is 0 Å². The lowest BCUT2D eigenvalue weighted by Gasteiger charge is -2.11. The van der Waals surface area contributed by atoms with E-state index in [-0.39, 0.29) is 0 Å². The second-order valence-corrected chi connectivity index (χ2v) is 8.42. The number of hydrogen-bond donors (Lipinski definition) is 1. The smallest absolute Gasteiger partial charge is 0.306 e. The summed E-state index contributed by atoms with van der Waals surface area (Å²) in [6.07, 6.45) is 4.72. The lowest BCUT2D eigenvalue weighted by atomic mass is 10.1. The zero-order chi connectivity index (χ0) is 20.7. The SMILES string of the molecule is CCC(=CCN(C)C)CC.O=S(=O)(NS(=O)(=O)C(F)(F)F)C(F)(F)F. The Bertz CT molecular complexity index is 588. The molecule has 0 heterocycles. The predicted octanol–water partition coefficient (Wildman–Crippen LogP) is 2.57. The molecule has 0 aromatic carbocycles. The summed E-state index contributed by atoms with van der Waals surface area (Å²) in [6.45, 7) is 5.51. The number of allylic oxidation sites excluding steroid dienone is 1. The lowest BCUT2D eigenvalue weighted by molar-refractivity contribution is -0.0476. The second-order valence-electron chi connectivity index (χ2n) is 4.81. The largest absolute Gasteiger partial charge is 0.512 e. The average molecular weight is 422 g/mol. The van der Waals surface area contributed by atoms with Crippen molar-refractivity contribution in [1.29, 1.82) is 0 Å².